The van der Waals surface area contributed by atoms with E-state index in [0.717, 1.165) is 12.3 Å². The number of hydrogen-bond donors (Lipinski definition) is 1. The number of rotatable bonds is 6. The quantitative estimate of drug-likeness (QED) is 0.721. The highest BCUT2D eigenvalue weighted by Gasteiger charge is 2.30. The number of carbonyl (C=O) groups excluding carboxylic acids is 1. The summed E-state index contributed by atoms with van der Waals surface area (Å²) >= 11 is 0. The Hall–Kier alpha value is -0.530. The smallest absolute Gasteiger partial charge is 0.225 e. The van der Waals surface area contributed by atoms with Gasteiger partial charge in [-0.3, -0.25) is 4.79 Å². The average molecular weight is 213 g/mol. The molecule has 0 saturated carbocycles. The lowest BCUT2D eigenvalue weighted by Gasteiger charge is -2.30. The molecule has 0 aliphatic heterocycles. The lowest BCUT2D eigenvalue weighted by molar-refractivity contribution is -0.129. The van der Waals surface area contributed by atoms with Crippen LogP contribution >= 0.6 is 0 Å². The second-order valence-electron chi connectivity index (χ2n) is 5.22. The molecule has 0 bridgehead atoms. The molecule has 2 nitrogen and oxygen atoms in total. The van der Waals surface area contributed by atoms with Crippen LogP contribution in [0.4, 0.5) is 0 Å². The normalized spacial score (nSPS) is 14.1. The van der Waals surface area contributed by atoms with Crippen LogP contribution in [0.15, 0.2) is 0 Å². The molecule has 0 radical (unpaired) electrons. The second kappa shape index (κ2) is 6.14. The fourth-order valence-electron chi connectivity index (χ4n) is 2.50. The maximum Gasteiger partial charge on any atom is 0.225 e. The monoisotopic (exact) mass is 213 g/mol. The van der Waals surface area contributed by atoms with Crippen LogP contribution in [0, 0.1) is 17.3 Å². The first-order valence-corrected chi connectivity index (χ1v) is 6.11. The third kappa shape index (κ3) is 4.23. The minimum atomic E-state index is -0.239. The number of nitrogens with one attached hydrogen (secondary N) is 1. The number of carbonyl (C=O) groups is 1. The molecular weight excluding hydrogens is 186 g/mol. The molecule has 0 aliphatic carbocycles. The molecule has 1 atom stereocenters. The third-order valence-corrected chi connectivity index (χ3v) is 3.53. The highest BCUT2D eigenvalue weighted by molar-refractivity contribution is 5.81. The maximum atomic E-state index is 11.7. The summed E-state index contributed by atoms with van der Waals surface area (Å²) in [6, 6.07) is 0. The summed E-state index contributed by atoms with van der Waals surface area (Å²) in [5.74, 6) is 1.52. The maximum absolute atomic E-state index is 11.7. The van der Waals surface area contributed by atoms with Gasteiger partial charge in [0.05, 0.1) is 0 Å². The van der Waals surface area contributed by atoms with Gasteiger partial charge in [-0.15, -0.1) is 0 Å². The van der Waals surface area contributed by atoms with Crippen molar-refractivity contribution in [2.45, 2.75) is 53.9 Å². The van der Waals surface area contributed by atoms with Crippen LogP contribution in [0.3, 0.4) is 0 Å². The van der Waals surface area contributed by atoms with Gasteiger partial charge in [0.2, 0.25) is 5.91 Å². The molecule has 0 rings (SSSR count). The predicted molar refractivity (Wildman–Crippen MR) is 65.7 cm³/mol. The number of hydrogen-bond acceptors (Lipinski definition) is 1. The Bertz CT molecular complexity index is 195. The lowest BCUT2D eigenvalue weighted by atomic mass is 9.76. The van der Waals surface area contributed by atoms with Gasteiger partial charge in [0.1, 0.15) is 0 Å². The van der Waals surface area contributed by atoms with Crippen molar-refractivity contribution in [3.05, 3.63) is 0 Å². The highest BCUT2D eigenvalue weighted by atomic mass is 16.2. The van der Waals surface area contributed by atoms with Gasteiger partial charge in [-0.25, -0.2) is 0 Å². The number of amides is 1. The molecule has 15 heavy (non-hydrogen) atoms. The molecule has 0 aromatic carbocycles. The van der Waals surface area contributed by atoms with Crippen molar-refractivity contribution >= 4 is 5.91 Å². The van der Waals surface area contributed by atoms with Crippen LogP contribution < -0.4 is 5.32 Å². The van der Waals surface area contributed by atoms with Crippen LogP contribution in [0.5, 0.6) is 0 Å². The van der Waals surface area contributed by atoms with Crippen molar-refractivity contribution in [2.24, 2.45) is 17.3 Å². The molecular formula is C13H27NO. The van der Waals surface area contributed by atoms with Crippen LogP contribution in [0.2, 0.25) is 0 Å². The molecule has 0 heterocycles. The van der Waals surface area contributed by atoms with Crippen molar-refractivity contribution < 1.29 is 4.79 Å². The van der Waals surface area contributed by atoms with E-state index in [-0.39, 0.29) is 11.3 Å². The standard InChI is InChI=1S/C13H27NO/c1-7-11(8-2)10(3)9-13(4,5)12(15)14-6/h10-11H,7-9H2,1-6H3,(H,14,15)/t10-/m1/s1. The molecule has 0 aromatic rings. The van der Waals surface area contributed by atoms with Crippen LogP contribution in [0.25, 0.3) is 0 Å². The van der Waals surface area contributed by atoms with Crippen molar-refractivity contribution in [2.75, 3.05) is 7.05 Å². The van der Waals surface area contributed by atoms with E-state index in [1.807, 2.05) is 13.8 Å². The topological polar surface area (TPSA) is 29.1 Å². The van der Waals surface area contributed by atoms with Crippen molar-refractivity contribution in [3.8, 4) is 0 Å². The third-order valence-electron chi connectivity index (χ3n) is 3.53. The molecule has 0 aliphatic rings. The lowest BCUT2D eigenvalue weighted by Crippen LogP contribution is -2.36. The van der Waals surface area contributed by atoms with E-state index < -0.39 is 0 Å². The molecule has 1 N–H and O–H groups in total. The van der Waals surface area contributed by atoms with Gasteiger partial charge in [-0.05, 0) is 18.3 Å². The van der Waals surface area contributed by atoms with Gasteiger partial charge in [0.25, 0.3) is 0 Å². The first-order valence-electron chi connectivity index (χ1n) is 6.11. The zero-order chi connectivity index (χ0) is 12.1. The largest absolute Gasteiger partial charge is 0.359 e. The van der Waals surface area contributed by atoms with E-state index in [1.54, 1.807) is 7.05 Å². The van der Waals surface area contributed by atoms with Crippen LogP contribution in [-0.2, 0) is 4.79 Å². The van der Waals surface area contributed by atoms with Gasteiger partial charge < -0.3 is 5.32 Å². The molecule has 0 aromatic heterocycles. The van der Waals surface area contributed by atoms with Gasteiger partial charge in [-0.2, -0.15) is 0 Å². The Kier molecular flexibility index (Phi) is 5.92. The Morgan fingerprint density at radius 1 is 1.27 bits per heavy atom. The molecule has 0 spiro atoms. The first kappa shape index (κ1) is 14.5. The average Bonchev–Trinajstić information content (AvgIpc) is 2.17. The van der Waals surface area contributed by atoms with Gasteiger partial charge in [0.15, 0.2) is 0 Å². The SMILES string of the molecule is CCC(CC)[C@H](C)CC(C)(C)C(=O)NC. The van der Waals surface area contributed by atoms with Crippen LogP contribution in [0.1, 0.15) is 53.9 Å². The van der Waals surface area contributed by atoms with Crippen molar-refractivity contribution in [3.63, 3.8) is 0 Å². The van der Waals surface area contributed by atoms with Gasteiger partial charge in [0, 0.05) is 12.5 Å². The summed E-state index contributed by atoms with van der Waals surface area (Å²) in [6.07, 6.45) is 3.39. The van der Waals surface area contributed by atoms with Crippen molar-refractivity contribution in [1.29, 1.82) is 0 Å². The first-order chi connectivity index (χ1) is 6.88. The summed E-state index contributed by atoms with van der Waals surface area (Å²) in [5.41, 5.74) is -0.239. The van der Waals surface area contributed by atoms with E-state index in [2.05, 4.69) is 26.1 Å². The fraction of sp³-hybridized carbons (Fsp3) is 0.923. The molecule has 0 unspecified atom stereocenters. The fourth-order valence-corrected chi connectivity index (χ4v) is 2.50. The van der Waals surface area contributed by atoms with E-state index in [4.69, 9.17) is 0 Å². The Morgan fingerprint density at radius 3 is 2.07 bits per heavy atom. The van der Waals surface area contributed by atoms with E-state index in [9.17, 15) is 4.79 Å². The summed E-state index contributed by atoms with van der Waals surface area (Å²) in [5, 5.41) is 2.75. The Balaban J connectivity index is 4.37. The molecule has 2 heteroatoms. The zero-order valence-corrected chi connectivity index (χ0v) is 11.2. The van der Waals surface area contributed by atoms with E-state index in [1.165, 1.54) is 12.8 Å². The Morgan fingerprint density at radius 2 is 1.73 bits per heavy atom. The minimum absolute atomic E-state index is 0.153. The Labute approximate surface area is 94.8 Å². The summed E-state index contributed by atoms with van der Waals surface area (Å²) in [4.78, 5) is 11.7. The van der Waals surface area contributed by atoms with Gasteiger partial charge >= 0.3 is 0 Å². The molecule has 0 saturated heterocycles. The predicted octanol–water partition coefficient (Wildman–Crippen LogP) is 3.22. The summed E-state index contributed by atoms with van der Waals surface area (Å²) < 4.78 is 0. The summed E-state index contributed by atoms with van der Waals surface area (Å²) in [7, 11) is 1.71. The van der Waals surface area contributed by atoms with Gasteiger partial charge in [-0.1, -0.05) is 47.5 Å². The molecule has 90 valence electrons. The molecule has 0 fully saturated rings. The highest BCUT2D eigenvalue weighted by Crippen LogP contribution is 2.32. The zero-order valence-electron chi connectivity index (χ0n) is 11.2. The minimum Gasteiger partial charge on any atom is -0.359 e. The van der Waals surface area contributed by atoms with Crippen molar-refractivity contribution in [1.82, 2.24) is 5.32 Å². The molecule has 1 amide bonds. The van der Waals surface area contributed by atoms with E-state index in [0.29, 0.717) is 5.92 Å². The van der Waals surface area contributed by atoms with E-state index >= 15 is 0 Å². The summed E-state index contributed by atoms with van der Waals surface area (Å²) in [6.45, 7) is 10.8. The van der Waals surface area contributed by atoms with Crippen LogP contribution in [-0.4, -0.2) is 13.0 Å². The second-order valence-corrected chi connectivity index (χ2v) is 5.22.